The summed E-state index contributed by atoms with van der Waals surface area (Å²) >= 11 is 0. The molecule has 1 N–H and O–H groups in total. The number of fused-ring (bicyclic) bond motifs is 1. The lowest BCUT2D eigenvalue weighted by Gasteiger charge is -2.41. The normalized spacial score (nSPS) is 19.0. The van der Waals surface area contributed by atoms with E-state index in [1.165, 1.54) is 12.1 Å². The summed E-state index contributed by atoms with van der Waals surface area (Å²) in [5.74, 6) is 0.771. The molecular formula is C22H25FN2O2. The third-order valence-electron chi connectivity index (χ3n) is 5.31. The second-order valence-electron chi connectivity index (χ2n) is 7.25. The van der Waals surface area contributed by atoms with Gasteiger partial charge in [-0.3, -0.25) is 9.80 Å². The first-order valence-electron chi connectivity index (χ1n) is 9.50. The molecule has 0 spiro atoms. The van der Waals surface area contributed by atoms with Crippen molar-refractivity contribution in [2.24, 2.45) is 0 Å². The van der Waals surface area contributed by atoms with Gasteiger partial charge in [0.15, 0.2) is 0 Å². The van der Waals surface area contributed by atoms with Gasteiger partial charge in [-0.25, -0.2) is 4.39 Å². The zero-order valence-corrected chi connectivity index (χ0v) is 15.4. The van der Waals surface area contributed by atoms with E-state index in [0.717, 1.165) is 61.4 Å². The van der Waals surface area contributed by atoms with Crippen molar-refractivity contribution >= 4 is 11.0 Å². The molecule has 1 atom stereocenters. The molecule has 2 heterocycles. The summed E-state index contributed by atoms with van der Waals surface area (Å²) in [5.41, 5.74) is 2.03. The van der Waals surface area contributed by atoms with Gasteiger partial charge in [-0.2, -0.15) is 0 Å². The van der Waals surface area contributed by atoms with Crippen molar-refractivity contribution in [2.45, 2.75) is 25.6 Å². The molecule has 5 heteroatoms. The third-order valence-corrected chi connectivity index (χ3v) is 5.31. The second-order valence-corrected chi connectivity index (χ2v) is 7.25. The van der Waals surface area contributed by atoms with E-state index in [1.54, 1.807) is 0 Å². The number of benzene rings is 2. The largest absolute Gasteiger partial charge is 0.460 e. The van der Waals surface area contributed by atoms with E-state index in [9.17, 15) is 9.50 Å². The van der Waals surface area contributed by atoms with E-state index in [2.05, 4.69) is 21.9 Å². The fourth-order valence-corrected chi connectivity index (χ4v) is 3.89. The summed E-state index contributed by atoms with van der Waals surface area (Å²) in [6.45, 7) is 4.48. The lowest BCUT2D eigenvalue weighted by atomic mass is 10.1. The Labute approximate surface area is 158 Å². The van der Waals surface area contributed by atoms with Gasteiger partial charge in [0.1, 0.15) is 17.2 Å². The summed E-state index contributed by atoms with van der Waals surface area (Å²) in [5, 5.41) is 10.6. The number of para-hydroxylation sites is 1. The molecule has 4 rings (SSSR count). The molecule has 1 aliphatic rings. The SMILES string of the molecule is OCC[C@H]1CN(Cc2cc3ccccc3o2)CCN1Cc1ccc(F)cc1. The smallest absolute Gasteiger partial charge is 0.134 e. The molecule has 27 heavy (non-hydrogen) atoms. The van der Waals surface area contributed by atoms with Gasteiger partial charge >= 0.3 is 0 Å². The predicted octanol–water partition coefficient (Wildman–Crippen LogP) is 3.64. The molecule has 1 aliphatic heterocycles. The lowest BCUT2D eigenvalue weighted by Crippen LogP contribution is -2.52. The van der Waals surface area contributed by atoms with Crippen molar-refractivity contribution in [1.82, 2.24) is 9.80 Å². The Bertz CT molecular complexity index is 844. The molecule has 4 nitrogen and oxygen atoms in total. The first-order valence-corrected chi connectivity index (χ1v) is 9.50. The van der Waals surface area contributed by atoms with Crippen LogP contribution in [0.25, 0.3) is 11.0 Å². The maximum absolute atomic E-state index is 13.1. The fourth-order valence-electron chi connectivity index (χ4n) is 3.89. The van der Waals surface area contributed by atoms with Crippen molar-refractivity contribution in [1.29, 1.82) is 0 Å². The van der Waals surface area contributed by atoms with Crippen molar-refractivity contribution in [3.63, 3.8) is 0 Å². The summed E-state index contributed by atoms with van der Waals surface area (Å²) in [7, 11) is 0. The van der Waals surface area contributed by atoms with Crippen LogP contribution in [0.2, 0.25) is 0 Å². The minimum absolute atomic E-state index is 0.170. The van der Waals surface area contributed by atoms with E-state index in [1.807, 2.05) is 30.3 Å². The van der Waals surface area contributed by atoms with Crippen molar-refractivity contribution in [2.75, 3.05) is 26.2 Å². The molecule has 0 saturated carbocycles. The molecule has 0 amide bonds. The molecule has 0 bridgehead atoms. The molecule has 0 unspecified atom stereocenters. The molecule has 3 aromatic rings. The highest BCUT2D eigenvalue weighted by molar-refractivity contribution is 5.77. The Balaban J connectivity index is 1.41. The minimum atomic E-state index is -0.207. The van der Waals surface area contributed by atoms with Gasteiger partial charge in [0.25, 0.3) is 0 Å². The van der Waals surface area contributed by atoms with Crippen LogP contribution < -0.4 is 0 Å². The average molecular weight is 368 g/mol. The highest BCUT2D eigenvalue weighted by Crippen LogP contribution is 2.22. The van der Waals surface area contributed by atoms with Gasteiger partial charge in [-0.15, -0.1) is 0 Å². The van der Waals surface area contributed by atoms with Gasteiger partial charge in [0, 0.05) is 44.2 Å². The number of rotatable bonds is 6. The lowest BCUT2D eigenvalue weighted by molar-refractivity contribution is 0.0471. The molecule has 1 aromatic heterocycles. The van der Waals surface area contributed by atoms with Gasteiger partial charge in [-0.1, -0.05) is 30.3 Å². The van der Waals surface area contributed by atoms with Crippen molar-refractivity contribution < 1.29 is 13.9 Å². The van der Waals surface area contributed by atoms with Crippen LogP contribution in [0, 0.1) is 5.82 Å². The molecule has 0 radical (unpaired) electrons. The maximum Gasteiger partial charge on any atom is 0.134 e. The zero-order chi connectivity index (χ0) is 18.6. The summed E-state index contributed by atoms with van der Waals surface area (Å²) in [6, 6.07) is 17.2. The van der Waals surface area contributed by atoms with Crippen LogP contribution in [0.5, 0.6) is 0 Å². The Morgan fingerprint density at radius 2 is 1.85 bits per heavy atom. The number of piperazine rings is 1. The minimum Gasteiger partial charge on any atom is -0.460 e. The number of aliphatic hydroxyl groups is 1. The number of hydrogen-bond donors (Lipinski definition) is 1. The van der Waals surface area contributed by atoms with Crippen LogP contribution in [0.3, 0.4) is 0 Å². The molecule has 1 fully saturated rings. The topological polar surface area (TPSA) is 39.9 Å². The summed E-state index contributed by atoms with van der Waals surface area (Å²) in [4.78, 5) is 4.78. The summed E-state index contributed by atoms with van der Waals surface area (Å²) < 4.78 is 19.1. The number of aliphatic hydroxyl groups excluding tert-OH is 1. The van der Waals surface area contributed by atoms with Crippen LogP contribution in [-0.2, 0) is 13.1 Å². The quantitative estimate of drug-likeness (QED) is 0.721. The standard InChI is InChI=1S/C22H25FN2O2/c23-19-7-5-17(6-8-19)14-25-11-10-24(15-20(25)9-12-26)16-21-13-18-3-1-2-4-22(18)27-21/h1-8,13,20,26H,9-12,14-16H2/t20-/m0/s1. The molecule has 142 valence electrons. The summed E-state index contributed by atoms with van der Waals surface area (Å²) in [6.07, 6.45) is 0.734. The monoisotopic (exact) mass is 368 g/mol. The number of furan rings is 1. The van der Waals surface area contributed by atoms with E-state index >= 15 is 0 Å². The van der Waals surface area contributed by atoms with Gasteiger partial charge in [0.2, 0.25) is 0 Å². The van der Waals surface area contributed by atoms with Crippen molar-refractivity contribution in [3.8, 4) is 0 Å². The predicted molar refractivity (Wildman–Crippen MR) is 104 cm³/mol. The Morgan fingerprint density at radius 1 is 1.04 bits per heavy atom. The number of halogens is 1. The van der Waals surface area contributed by atoms with Crippen LogP contribution >= 0.6 is 0 Å². The second kappa shape index (κ2) is 8.21. The van der Waals surface area contributed by atoms with Crippen LogP contribution in [0.15, 0.2) is 59.0 Å². The molecule has 0 aliphatic carbocycles. The molecule has 1 saturated heterocycles. The van der Waals surface area contributed by atoms with Crippen LogP contribution in [0.1, 0.15) is 17.7 Å². The van der Waals surface area contributed by atoms with Crippen LogP contribution in [-0.4, -0.2) is 47.2 Å². The average Bonchev–Trinajstić information content (AvgIpc) is 3.08. The van der Waals surface area contributed by atoms with Crippen molar-refractivity contribution in [3.05, 3.63) is 71.7 Å². The maximum atomic E-state index is 13.1. The van der Waals surface area contributed by atoms with Gasteiger partial charge in [-0.05, 0) is 36.2 Å². The first-order chi connectivity index (χ1) is 13.2. The van der Waals surface area contributed by atoms with E-state index in [0.29, 0.717) is 0 Å². The Morgan fingerprint density at radius 3 is 2.63 bits per heavy atom. The van der Waals surface area contributed by atoms with E-state index in [-0.39, 0.29) is 18.5 Å². The highest BCUT2D eigenvalue weighted by atomic mass is 19.1. The fraction of sp³-hybridized carbons (Fsp3) is 0.364. The van der Waals surface area contributed by atoms with E-state index < -0.39 is 0 Å². The first kappa shape index (κ1) is 18.2. The van der Waals surface area contributed by atoms with E-state index in [4.69, 9.17) is 4.42 Å². The van der Waals surface area contributed by atoms with Crippen LogP contribution in [0.4, 0.5) is 4.39 Å². The number of nitrogens with zero attached hydrogens (tertiary/aromatic N) is 2. The van der Waals surface area contributed by atoms with Gasteiger partial charge in [0.05, 0.1) is 6.54 Å². The molecule has 2 aromatic carbocycles. The Kier molecular flexibility index (Phi) is 5.53. The molecular weight excluding hydrogens is 343 g/mol. The number of hydrogen-bond acceptors (Lipinski definition) is 4. The van der Waals surface area contributed by atoms with Gasteiger partial charge < -0.3 is 9.52 Å². The third kappa shape index (κ3) is 4.38. The zero-order valence-electron chi connectivity index (χ0n) is 15.4. The Hall–Kier alpha value is -2.21. The highest BCUT2D eigenvalue weighted by Gasteiger charge is 2.27.